The lowest BCUT2D eigenvalue weighted by atomic mass is 9.96. The molecule has 0 bridgehead atoms. The first-order chi connectivity index (χ1) is 10.7. The number of aliphatic imine (C=N–C) groups is 1. The van der Waals surface area contributed by atoms with Crippen molar-refractivity contribution in [1.82, 2.24) is 15.2 Å². The predicted molar refractivity (Wildman–Crippen MR) is 108 cm³/mol. The Morgan fingerprint density at radius 2 is 2.22 bits per heavy atom. The van der Waals surface area contributed by atoms with Crippen molar-refractivity contribution in [3.8, 4) is 0 Å². The topological polar surface area (TPSA) is 49.8 Å². The highest BCUT2D eigenvalue weighted by Gasteiger charge is 2.15. The van der Waals surface area contributed by atoms with E-state index in [0.29, 0.717) is 0 Å². The molecule has 23 heavy (non-hydrogen) atoms. The van der Waals surface area contributed by atoms with Crippen molar-refractivity contribution in [2.45, 2.75) is 39.2 Å². The molecule has 1 aromatic heterocycles. The van der Waals surface area contributed by atoms with E-state index in [1.807, 2.05) is 13.2 Å². The van der Waals surface area contributed by atoms with Crippen LogP contribution in [0.1, 0.15) is 36.1 Å². The number of thiazole rings is 1. The number of ether oxygens (including phenoxy) is 1. The lowest BCUT2D eigenvalue weighted by Gasteiger charge is -2.26. The molecule has 0 atom stereocenters. The van der Waals surface area contributed by atoms with Crippen molar-refractivity contribution in [2.75, 3.05) is 33.9 Å². The van der Waals surface area contributed by atoms with Gasteiger partial charge in [-0.15, -0.1) is 35.3 Å². The van der Waals surface area contributed by atoms with Crippen LogP contribution >= 0.6 is 35.3 Å². The van der Waals surface area contributed by atoms with Gasteiger partial charge in [-0.2, -0.15) is 0 Å². The van der Waals surface area contributed by atoms with Crippen LogP contribution in [0.5, 0.6) is 0 Å². The van der Waals surface area contributed by atoms with Gasteiger partial charge in [-0.25, -0.2) is 4.98 Å². The van der Waals surface area contributed by atoms with E-state index >= 15 is 0 Å². The van der Waals surface area contributed by atoms with Crippen LogP contribution in [0.25, 0.3) is 0 Å². The zero-order valence-corrected chi connectivity index (χ0v) is 17.5. The van der Waals surface area contributed by atoms with E-state index in [-0.39, 0.29) is 24.0 Å². The Kier molecular flexibility index (Phi) is 10.0. The van der Waals surface area contributed by atoms with Crippen molar-refractivity contribution in [1.29, 1.82) is 0 Å². The molecule has 0 spiro atoms. The molecule has 1 fully saturated rings. The molecular weight excluding hydrogens is 423 g/mol. The summed E-state index contributed by atoms with van der Waals surface area (Å²) in [5.74, 6) is 1.74. The highest BCUT2D eigenvalue weighted by Crippen LogP contribution is 2.18. The van der Waals surface area contributed by atoms with Gasteiger partial charge >= 0.3 is 0 Å². The van der Waals surface area contributed by atoms with Gasteiger partial charge in [0.25, 0.3) is 0 Å². The molecule has 1 aromatic rings. The lowest BCUT2D eigenvalue weighted by Crippen LogP contribution is -2.39. The van der Waals surface area contributed by atoms with Crippen molar-refractivity contribution in [3.63, 3.8) is 0 Å². The Bertz CT molecular complexity index is 474. The first kappa shape index (κ1) is 20.6. The molecule has 132 valence electrons. The maximum atomic E-state index is 5.42. The van der Waals surface area contributed by atoms with Gasteiger partial charge in [0.2, 0.25) is 0 Å². The van der Waals surface area contributed by atoms with Crippen LogP contribution in [0.2, 0.25) is 0 Å². The summed E-state index contributed by atoms with van der Waals surface area (Å²) in [7, 11) is 3.95. The van der Waals surface area contributed by atoms with Gasteiger partial charge < -0.3 is 15.0 Å². The van der Waals surface area contributed by atoms with Gasteiger partial charge in [-0.05, 0) is 31.6 Å². The molecule has 0 radical (unpaired) electrons. The largest absolute Gasteiger partial charge is 0.381 e. The van der Waals surface area contributed by atoms with Crippen LogP contribution in [0.4, 0.5) is 0 Å². The normalized spacial score (nSPS) is 16.0. The third-order valence-electron chi connectivity index (χ3n) is 4.13. The summed E-state index contributed by atoms with van der Waals surface area (Å²) < 4.78 is 5.42. The smallest absolute Gasteiger partial charge is 0.193 e. The highest BCUT2D eigenvalue weighted by molar-refractivity contribution is 14.0. The zero-order chi connectivity index (χ0) is 15.8. The Hall–Kier alpha value is -0.410. The van der Waals surface area contributed by atoms with E-state index < -0.39 is 0 Å². The number of halogens is 1. The third kappa shape index (κ3) is 6.93. The van der Waals surface area contributed by atoms with Gasteiger partial charge in [0, 0.05) is 44.9 Å². The number of guanidine groups is 1. The van der Waals surface area contributed by atoms with Crippen LogP contribution in [0, 0.1) is 5.92 Å². The number of rotatable bonds is 6. The van der Waals surface area contributed by atoms with Crippen LogP contribution in [-0.2, 0) is 17.7 Å². The molecule has 0 unspecified atom stereocenters. The highest BCUT2D eigenvalue weighted by atomic mass is 127. The van der Waals surface area contributed by atoms with Gasteiger partial charge in [0.1, 0.15) is 5.01 Å². The maximum absolute atomic E-state index is 5.42. The predicted octanol–water partition coefficient (Wildman–Crippen LogP) is 3.15. The van der Waals surface area contributed by atoms with Crippen LogP contribution in [0.3, 0.4) is 0 Å². The number of aromatic nitrogens is 1. The summed E-state index contributed by atoms with van der Waals surface area (Å²) in [6.45, 7) is 5.78. The van der Waals surface area contributed by atoms with E-state index in [1.165, 1.54) is 24.1 Å². The summed E-state index contributed by atoms with van der Waals surface area (Å²) in [6.07, 6.45) is 6.62. The van der Waals surface area contributed by atoms with Crippen molar-refractivity contribution >= 4 is 41.3 Å². The van der Waals surface area contributed by atoms with Gasteiger partial charge in [-0.3, -0.25) is 4.99 Å². The Labute approximate surface area is 160 Å². The van der Waals surface area contributed by atoms with E-state index in [0.717, 1.165) is 49.6 Å². The second-order valence-electron chi connectivity index (χ2n) is 5.74. The molecule has 5 nitrogen and oxygen atoms in total. The fourth-order valence-corrected chi connectivity index (χ4v) is 3.45. The molecule has 0 aliphatic carbocycles. The number of hydrogen-bond acceptors (Lipinski definition) is 4. The minimum atomic E-state index is 0. The molecule has 1 N–H and O–H groups in total. The Morgan fingerprint density at radius 3 is 2.83 bits per heavy atom. The number of nitrogens with zero attached hydrogens (tertiary/aromatic N) is 3. The molecule has 1 saturated heterocycles. The first-order valence-corrected chi connectivity index (χ1v) is 8.97. The molecule has 0 aromatic carbocycles. The molecule has 2 heterocycles. The SMILES string of the molecule is CCc1cnc(CNC(=NC)N(C)CCC2CCOCC2)s1.I. The molecule has 1 aliphatic heterocycles. The Morgan fingerprint density at radius 1 is 1.48 bits per heavy atom. The number of aryl methyl sites for hydroxylation is 1. The second-order valence-corrected chi connectivity index (χ2v) is 6.94. The third-order valence-corrected chi connectivity index (χ3v) is 5.28. The van der Waals surface area contributed by atoms with Crippen molar-refractivity contribution in [3.05, 3.63) is 16.1 Å². The van der Waals surface area contributed by atoms with Gasteiger partial charge in [-0.1, -0.05) is 6.92 Å². The monoisotopic (exact) mass is 452 g/mol. The van der Waals surface area contributed by atoms with Gasteiger partial charge in [0.15, 0.2) is 5.96 Å². The fraction of sp³-hybridized carbons (Fsp3) is 0.750. The summed E-state index contributed by atoms with van der Waals surface area (Å²) in [6, 6.07) is 0. The number of nitrogens with one attached hydrogen (secondary N) is 1. The second kappa shape index (κ2) is 11.2. The summed E-state index contributed by atoms with van der Waals surface area (Å²) in [5, 5.41) is 4.53. The average molecular weight is 452 g/mol. The van der Waals surface area contributed by atoms with Crippen LogP contribution in [0.15, 0.2) is 11.2 Å². The maximum Gasteiger partial charge on any atom is 0.193 e. The van der Waals surface area contributed by atoms with Crippen LogP contribution in [-0.4, -0.2) is 49.7 Å². The average Bonchev–Trinajstić information content (AvgIpc) is 3.02. The lowest BCUT2D eigenvalue weighted by molar-refractivity contribution is 0.0625. The van der Waals surface area contributed by atoms with Crippen molar-refractivity contribution in [2.24, 2.45) is 10.9 Å². The quantitative estimate of drug-likeness (QED) is 0.410. The summed E-state index contributed by atoms with van der Waals surface area (Å²) in [4.78, 5) is 12.4. The fourth-order valence-electron chi connectivity index (χ4n) is 2.65. The molecule has 2 rings (SSSR count). The molecule has 0 amide bonds. The minimum absolute atomic E-state index is 0. The van der Waals surface area contributed by atoms with E-state index in [4.69, 9.17) is 4.74 Å². The Balaban J connectivity index is 0.00000264. The molecule has 1 aliphatic rings. The van der Waals surface area contributed by atoms with E-state index in [1.54, 1.807) is 11.3 Å². The number of hydrogen-bond donors (Lipinski definition) is 1. The molecule has 7 heteroatoms. The van der Waals surface area contributed by atoms with Crippen molar-refractivity contribution < 1.29 is 4.74 Å². The first-order valence-electron chi connectivity index (χ1n) is 8.16. The summed E-state index contributed by atoms with van der Waals surface area (Å²) >= 11 is 1.77. The van der Waals surface area contributed by atoms with E-state index in [9.17, 15) is 0 Å². The summed E-state index contributed by atoms with van der Waals surface area (Å²) in [5.41, 5.74) is 0. The molecule has 0 saturated carbocycles. The van der Waals surface area contributed by atoms with E-state index in [2.05, 4.69) is 34.2 Å². The standard InChI is InChI=1S/C16H28N4OS.HI/c1-4-14-11-18-15(22-14)12-19-16(17-2)20(3)8-5-13-6-9-21-10-7-13;/h11,13H,4-10,12H2,1-3H3,(H,17,19);1H. The minimum Gasteiger partial charge on any atom is -0.381 e. The van der Waals surface area contributed by atoms with Gasteiger partial charge in [0.05, 0.1) is 6.54 Å². The molecular formula is C16H29IN4OS. The van der Waals surface area contributed by atoms with Crippen LogP contribution < -0.4 is 5.32 Å². The zero-order valence-electron chi connectivity index (χ0n) is 14.4.